The van der Waals surface area contributed by atoms with Gasteiger partial charge < -0.3 is 5.32 Å². The number of pyridine rings is 1. The zero-order chi connectivity index (χ0) is 10.8. The molecule has 1 saturated carbocycles. The number of amides is 1. The number of rotatable bonds is 3. The van der Waals surface area contributed by atoms with Gasteiger partial charge in [-0.15, -0.1) is 0 Å². The number of alkyl halides is 1. The molecule has 1 heterocycles. The molecule has 0 aromatic carbocycles. The van der Waals surface area contributed by atoms with Gasteiger partial charge in [0.2, 0.25) is 5.91 Å². The summed E-state index contributed by atoms with van der Waals surface area (Å²) in [5.74, 6) is -0.301. The van der Waals surface area contributed by atoms with E-state index in [0.717, 1.165) is 5.56 Å². The fourth-order valence-electron chi connectivity index (χ4n) is 1.56. The number of halogens is 1. The van der Waals surface area contributed by atoms with E-state index in [1.807, 2.05) is 13.0 Å². The number of aryl methyl sites for hydroxylation is 1. The standard InChI is InChI=1S/C11H13FN2O/c1-7-2-3-13-6-10(7)14-11(15)9-4-8(9)5-12/h2-3,6,8-9H,4-5H2,1H3,(H,14,15)/t8-,9+/m0/s1. The summed E-state index contributed by atoms with van der Waals surface area (Å²) in [5.41, 5.74) is 1.68. The molecule has 1 fully saturated rings. The van der Waals surface area contributed by atoms with Gasteiger partial charge >= 0.3 is 0 Å². The fraction of sp³-hybridized carbons (Fsp3) is 0.455. The average Bonchev–Trinajstić information content (AvgIpc) is 3.00. The number of nitrogens with zero attached hydrogens (tertiary/aromatic N) is 1. The first-order valence-corrected chi connectivity index (χ1v) is 5.00. The Hall–Kier alpha value is -1.45. The van der Waals surface area contributed by atoms with Crippen LogP contribution < -0.4 is 5.32 Å². The molecule has 3 nitrogen and oxygen atoms in total. The molecule has 2 atom stereocenters. The minimum atomic E-state index is -0.399. The molecule has 15 heavy (non-hydrogen) atoms. The van der Waals surface area contributed by atoms with Crippen LogP contribution in [0.3, 0.4) is 0 Å². The van der Waals surface area contributed by atoms with Crippen molar-refractivity contribution < 1.29 is 9.18 Å². The molecule has 1 N–H and O–H groups in total. The third kappa shape index (κ3) is 2.14. The smallest absolute Gasteiger partial charge is 0.227 e. The average molecular weight is 208 g/mol. The Balaban J connectivity index is 1.98. The van der Waals surface area contributed by atoms with Crippen LogP contribution >= 0.6 is 0 Å². The van der Waals surface area contributed by atoms with Crippen molar-refractivity contribution in [3.05, 3.63) is 24.0 Å². The minimum Gasteiger partial charge on any atom is -0.324 e. The van der Waals surface area contributed by atoms with Crippen molar-refractivity contribution in [1.82, 2.24) is 4.98 Å². The summed E-state index contributed by atoms with van der Waals surface area (Å²) in [5, 5.41) is 2.77. The maximum absolute atomic E-state index is 12.2. The quantitative estimate of drug-likeness (QED) is 0.824. The van der Waals surface area contributed by atoms with Gasteiger partial charge in [0.1, 0.15) is 0 Å². The summed E-state index contributed by atoms with van der Waals surface area (Å²) >= 11 is 0. The van der Waals surface area contributed by atoms with Gasteiger partial charge in [-0.05, 0) is 30.9 Å². The van der Waals surface area contributed by atoms with Crippen molar-refractivity contribution >= 4 is 11.6 Å². The van der Waals surface area contributed by atoms with Crippen LogP contribution in [-0.2, 0) is 4.79 Å². The zero-order valence-electron chi connectivity index (χ0n) is 8.53. The SMILES string of the molecule is Cc1ccncc1NC(=O)[C@@H]1C[C@H]1CF. The van der Waals surface area contributed by atoms with Gasteiger partial charge in [0, 0.05) is 12.1 Å². The summed E-state index contributed by atoms with van der Waals surface area (Å²) in [6.07, 6.45) is 3.95. The predicted molar refractivity (Wildman–Crippen MR) is 55.2 cm³/mol. The lowest BCUT2D eigenvalue weighted by Gasteiger charge is -2.06. The van der Waals surface area contributed by atoms with Crippen molar-refractivity contribution in [2.75, 3.05) is 12.0 Å². The number of carbonyl (C=O) groups is 1. The highest BCUT2D eigenvalue weighted by Crippen LogP contribution is 2.39. The van der Waals surface area contributed by atoms with Crippen LogP contribution in [0.2, 0.25) is 0 Å². The molecule has 1 amide bonds. The van der Waals surface area contributed by atoms with E-state index in [9.17, 15) is 9.18 Å². The van der Waals surface area contributed by atoms with E-state index in [0.29, 0.717) is 12.1 Å². The van der Waals surface area contributed by atoms with Crippen LogP contribution in [0, 0.1) is 18.8 Å². The second kappa shape index (κ2) is 3.96. The molecule has 0 bridgehead atoms. The van der Waals surface area contributed by atoms with Gasteiger partial charge in [-0.1, -0.05) is 0 Å². The van der Waals surface area contributed by atoms with Crippen LogP contribution in [0.15, 0.2) is 18.5 Å². The highest BCUT2D eigenvalue weighted by molar-refractivity contribution is 5.94. The third-order valence-electron chi connectivity index (χ3n) is 2.75. The van der Waals surface area contributed by atoms with E-state index in [1.165, 1.54) is 0 Å². The van der Waals surface area contributed by atoms with E-state index < -0.39 is 6.67 Å². The predicted octanol–water partition coefficient (Wildman–Crippen LogP) is 1.93. The second-order valence-corrected chi connectivity index (χ2v) is 3.94. The van der Waals surface area contributed by atoms with Crippen LogP contribution in [-0.4, -0.2) is 17.6 Å². The van der Waals surface area contributed by atoms with E-state index in [1.54, 1.807) is 12.4 Å². The monoisotopic (exact) mass is 208 g/mol. The topological polar surface area (TPSA) is 42.0 Å². The van der Waals surface area contributed by atoms with Gasteiger partial charge in [-0.2, -0.15) is 0 Å². The molecular weight excluding hydrogens is 195 g/mol. The largest absolute Gasteiger partial charge is 0.324 e. The number of aromatic nitrogens is 1. The molecule has 80 valence electrons. The maximum Gasteiger partial charge on any atom is 0.227 e. The molecule has 0 saturated heterocycles. The highest BCUT2D eigenvalue weighted by Gasteiger charge is 2.42. The van der Waals surface area contributed by atoms with E-state index >= 15 is 0 Å². The second-order valence-electron chi connectivity index (χ2n) is 3.94. The van der Waals surface area contributed by atoms with Crippen molar-refractivity contribution in [1.29, 1.82) is 0 Å². The van der Waals surface area contributed by atoms with Crippen molar-refractivity contribution in [3.8, 4) is 0 Å². The Labute approximate surface area is 87.7 Å². The lowest BCUT2D eigenvalue weighted by atomic mass is 10.2. The minimum absolute atomic E-state index is 0.0676. The van der Waals surface area contributed by atoms with Gasteiger partial charge in [0.15, 0.2) is 0 Å². The summed E-state index contributed by atoms with van der Waals surface area (Å²) < 4.78 is 12.2. The van der Waals surface area contributed by atoms with E-state index in [2.05, 4.69) is 10.3 Å². The molecule has 0 unspecified atom stereocenters. The Kier molecular flexibility index (Phi) is 2.66. The molecule has 0 radical (unpaired) electrons. The molecule has 1 aliphatic rings. The maximum atomic E-state index is 12.2. The normalized spacial score (nSPS) is 23.6. The van der Waals surface area contributed by atoms with E-state index in [-0.39, 0.29) is 17.7 Å². The first-order valence-electron chi connectivity index (χ1n) is 5.00. The Bertz CT molecular complexity index is 381. The van der Waals surface area contributed by atoms with Crippen LogP contribution in [0.25, 0.3) is 0 Å². The summed E-state index contributed by atoms with van der Waals surface area (Å²) in [6, 6.07) is 1.83. The number of nitrogens with one attached hydrogen (secondary N) is 1. The van der Waals surface area contributed by atoms with E-state index in [4.69, 9.17) is 0 Å². The molecule has 1 aromatic rings. The van der Waals surface area contributed by atoms with Crippen molar-refractivity contribution in [2.45, 2.75) is 13.3 Å². The van der Waals surface area contributed by atoms with Gasteiger partial charge in [-0.25, -0.2) is 0 Å². The number of hydrogen-bond acceptors (Lipinski definition) is 2. The van der Waals surface area contributed by atoms with Crippen molar-refractivity contribution in [2.24, 2.45) is 11.8 Å². The van der Waals surface area contributed by atoms with Gasteiger partial charge in [0.05, 0.1) is 18.6 Å². The van der Waals surface area contributed by atoms with Crippen LogP contribution in [0.4, 0.5) is 10.1 Å². The Morgan fingerprint density at radius 1 is 1.73 bits per heavy atom. The molecule has 4 heteroatoms. The lowest BCUT2D eigenvalue weighted by molar-refractivity contribution is -0.117. The Morgan fingerprint density at radius 2 is 2.53 bits per heavy atom. The number of hydrogen-bond donors (Lipinski definition) is 1. The first kappa shape index (κ1) is 10.1. The molecule has 1 aromatic heterocycles. The molecular formula is C11H13FN2O. The van der Waals surface area contributed by atoms with Crippen LogP contribution in [0.1, 0.15) is 12.0 Å². The lowest BCUT2D eigenvalue weighted by Crippen LogP contribution is -2.16. The van der Waals surface area contributed by atoms with Crippen molar-refractivity contribution in [3.63, 3.8) is 0 Å². The molecule has 0 spiro atoms. The number of anilines is 1. The summed E-state index contributed by atoms with van der Waals surface area (Å²) in [4.78, 5) is 15.5. The summed E-state index contributed by atoms with van der Waals surface area (Å²) in [7, 11) is 0. The van der Waals surface area contributed by atoms with Gasteiger partial charge in [-0.3, -0.25) is 14.2 Å². The highest BCUT2D eigenvalue weighted by atomic mass is 19.1. The zero-order valence-corrected chi connectivity index (χ0v) is 8.53. The third-order valence-corrected chi connectivity index (χ3v) is 2.75. The summed E-state index contributed by atoms with van der Waals surface area (Å²) in [6.45, 7) is 1.50. The van der Waals surface area contributed by atoms with Gasteiger partial charge in [0.25, 0.3) is 0 Å². The Morgan fingerprint density at radius 3 is 3.13 bits per heavy atom. The van der Waals surface area contributed by atoms with Crippen LogP contribution in [0.5, 0.6) is 0 Å². The molecule has 1 aliphatic carbocycles. The number of carbonyl (C=O) groups excluding carboxylic acids is 1. The molecule has 0 aliphatic heterocycles. The fourth-order valence-corrected chi connectivity index (χ4v) is 1.56. The first-order chi connectivity index (χ1) is 7.22. The molecule has 2 rings (SSSR count).